The third-order valence-corrected chi connectivity index (χ3v) is 10.4. The Morgan fingerprint density at radius 1 is 0.541 bits per heavy atom. The van der Waals surface area contributed by atoms with Gasteiger partial charge in [0.25, 0.3) is 0 Å². The molecule has 0 radical (unpaired) electrons. The molecule has 2 fully saturated rings. The zero-order chi connectivity index (χ0) is 28.6. The van der Waals surface area contributed by atoms with Crippen LogP contribution in [0.4, 0.5) is 0 Å². The molecule has 2 aliphatic rings. The van der Waals surface area contributed by atoms with Gasteiger partial charge in [-0.05, 0) is 114 Å². The van der Waals surface area contributed by atoms with Crippen LogP contribution in [0.15, 0.2) is 24.3 Å². The van der Waals surface area contributed by atoms with E-state index in [4.69, 9.17) is 0 Å². The molecule has 0 heteroatoms. The molecule has 0 unspecified atom stereocenters. The summed E-state index contributed by atoms with van der Waals surface area (Å²) in [7, 11) is 0. The summed E-state index contributed by atoms with van der Waals surface area (Å²) >= 11 is 0. The molecule has 0 N–H and O–H groups in total. The van der Waals surface area contributed by atoms with Crippen LogP contribution >= 0.6 is 0 Å². The van der Waals surface area contributed by atoms with E-state index < -0.39 is 0 Å². The minimum atomic E-state index is 0.576. The standard InChI is InChI=1S/C19H36.C12H18.C6H14/c1-17(2)11-7-15(8-12-17)19(5,6)16-9-13-18(3,4)14-10-16;1-9(2)11-5-7-12(8-6-11)10(3)4;1-5(2)6(3)4/h15-16H,7-14H2,1-6H3;5-10H,1-4H3;5-6H,1-4H3. The van der Waals surface area contributed by atoms with Crippen molar-refractivity contribution < 1.29 is 0 Å². The second kappa shape index (κ2) is 14.6. The van der Waals surface area contributed by atoms with Crippen molar-refractivity contribution >= 4 is 0 Å². The second-order valence-electron chi connectivity index (χ2n) is 16.2. The van der Waals surface area contributed by atoms with Crippen LogP contribution in [0.1, 0.15) is 171 Å². The van der Waals surface area contributed by atoms with E-state index in [0.717, 1.165) is 23.7 Å². The average molecular weight is 513 g/mol. The van der Waals surface area contributed by atoms with Gasteiger partial charge < -0.3 is 0 Å². The molecule has 0 amide bonds. The van der Waals surface area contributed by atoms with Crippen molar-refractivity contribution in [3.63, 3.8) is 0 Å². The molecular formula is C37H68. The smallest absolute Gasteiger partial charge is 0.0219 e. The van der Waals surface area contributed by atoms with Gasteiger partial charge in [-0.1, -0.05) is 121 Å². The molecule has 0 spiro atoms. The molecule has 37 heavy (non-hydrogen) atoms. The number of benzene rings is 1. The van der Waals surface area contributed by atoms with E-state index >= 15 is 0 Å². The van der Waals surface area contributed by atoms with Crippen molar-refractivity contribution in [1.29, 1.82) is 0 Å². The van der Waals surface area contributed by atoms with Crippen molar-refractivity contribution in [2.45, 2.75) is 160 Å². The summed E-state index contributed by atoms with van der Waals surface area (Å²) in [6.45, 7) is 32.9. The second-order valence-corrected chi connectivity index (χ2v) is 16.2. The Morgan fingerprint density at radius 2 is 0.784 bits per heavy atom. The van der Waals surface area contributed by atoms with Crippen molar-refractivity contribution in [3.05, 3.63) is 35.4 Å². The van der Waals surface area contributed by atoms with Gasteiger partial charge in [-0.25, -0.2) is 0 Å². The van der Waals surface area contributed by atoms with Gasteiger partial charge in [0.15, 0.2) is 0 Å². The molecule has 1 aromatic rings. The van der Waals surface area contributed by atoms with Crippen LogP contribution in [-0.4, -0.2) is 0 Å². The van der Waals surface area contributed by atoms with Gasteiger partial charge in [0, 0.05) is 0 Å². The van der Waals surface area contributed by atoms with Gasteiger partial charge in [0.2, 0.25) is 0 Å². The lowest BCUT2D eigenvalue weighted by atomic mass is 9.56. The van der Waals surface area contributed by atoms with E-state index in [1.807, 2.05) is 0 Å². The molecule has 0 bridgehead atoms. The number of rotatable bonds is 5. The first-order valence-electron chi connectivity index (χ1n) is 16.0. The van der Waals surface area contributed by atoms with E-state index in [-0.39, 0.29) is 0 Å². The van der Waals surface area contributed by atoms with Gasteiger partial charge >= 0.3 is 0 Å². The average Bonchev–Trinajstić information content (AvgIpc) is 2.79. The molecular weight excluding hydrogens is 444 g/mol. The zero-order valence-corrected chi connectivity index (χ0v) is 27.9. The SMILES string of the molecule is CC(C)C(C)C.CC(C)c1ccc(C(C)C)cc1.CC1(C)CCC(C(C)(C)C2CCC(C)(C)CC2)CC1. The molecule has 0 heterocycles. The first kappa shape index (κ1) is 34.2. The van der Waals surface area contributed by atoms with Crippen LogP contribution in [0.5, 0.6) is 0 Å². The van der Waals surface area contributed by atoms with Gasteiger partial charge in [-0.3, -0.25) is 0 Å². The van der Waals surface area contributed by atoms with E-state index in [1.165, 1.54) is 62.5 Å². The molecule has 0 nitrogen and oxygen atoms in total. The van der Waals surface area contributed by atoms with Crippen LogP contribution < -0.4 is 0 Å². The van der Waals surface area contributed by atoms with Crippen molar-refractivity contribution in [1.82, 2.24) is 0 Å². The fourth-order valence-electron chi connectivity index (χ4n) is 5.89. The first-order chi connectivity index (χ1) is 16.9. The normalized spacial score (nSPS) is 20.5. The Labute approximate surface area is 235 Å². The summed E-state index contributed by atoms with van der Waals surface area (Å²) in [6, 6.07) is 8.94. The maximum absolute atomic E-state index is 2.58. The van der Waals surface area contributed by atoms with Gasteiger partial charge in [0.05, 0.1) is 0 Å². The summed E-state index contributed by atoms with van der Waals surface area (Å²) in [4.78, 5) is 0. The molecule has 0 aromatic heterocycles. The summed E-state index contributed by atoms with van der Waals surface area (Å²) < 4.78 is 0. The van der Waals surface area contributed by atoms with Crippen molar-refractivity contribution in [2.24, 2.45) is 39.9 Å². The highest BCUT2D eigenvalue weighted by Crippen LogP contribution is 2.53. The zero-order valence-electron chi connectivity index (χ0n) is 27.9. The minimum absolute atomic E-state index is 0.576. The quantitative estimate of drug-likeness (QED) is 0.368. The van der Waals surface area contributed by atoms with E-state index in [1.54, 1.807) is 0 Å². The lowest BCUT2D eigenvalue weighted by Crippen LogP contribution is -2.39. The fraction of sp³-hybridized carbons (Fsp3) is 0.838. The van der Waals surface area contributed by atoms with Crippen LogP contribution in [0, 0.1) is 39.9 Å². The maximum atomic E-state index is 2.58. The Balaban J connectivity index is 0.000000324. The molecule has 2 aliphatic carbocycles. The Bertz CT molecular complexity index is 658. The van der Waals surface area contributed by atoms with Gasteiger partial charge in [0.1, 0.15) is 0 Å². The topological polar surface area (TPSA) is 0 Å². The number of hydrogen-bond donors (Lipinski definition) is 0. The Hall–Kier alpha value is -0.780. The Kier molecular flexibility index (Phi) is 13.5. The minimum Gasteiger partial charge on any atom is -0.0625 e. The molecule has 216 valence electrons. The lowest BCUT2D eigenvalue weighted by Gasteiger charge is -2.49. The predicted molar refractivity (Wildman–Crippen MR) is 170 cm³/mol. The summed E-state index contributed by atoms with van der Waals surface area (Å²) in [5.41, 5.74) is 4.66. The highest BCUT2D eigenvalue weighted by molar-refractivity contribution is 5.26. The van der Waals surface area contributed by atoms with Crippen LogP contribution in [0.3, 0.4) is 0 Å². The third kappa shape index (κ3) is 11.9. The van der Waals surface area contributed by atoms with Gasteiger partial charge in [-0.2, -0.15) is 0 Å². The molecule has 0 saturated heterocycles. The largest absolute Gasteiger partial charge is 0.0625 e. The fourth-order valence-corrected chi connectivity index (χ4v) is 5.89. The highest BCUT2D eigenvalue weighted by Gasteiger charge is 2.42. The van der Waals surface area contributed by atoms with Gasteiger partial charge in [-0.15, -0.1) is 0 Å². The first-order valence-corrected chi connectivity index (χ1v) is 16.0. The summed E-state index contributed by atoms with van der Waals surface area (Å²) in [6.07, 6.45) is 11.7. The summed E-state index contributed by atoms with van der Waals surface area (Å²) in [5, 5.41) is 0. The molecule has 2 saturated carbocycles. The van der Waals surface area contributed by atoms with Crippen molar-refractivity contribution in [2.75, 3.05) is 0 Å². The van der Waals surface area contributed by atoms with Crippen LogP contribution in [0.25, 0.3) is 0 Å². The summed E-state index contributed by atoms with van der Waals surface area (Å²) in [5.74, 6) is 4.95. The monoisotopic (exact) mass is 513 g/mol. The van der Waals surface area contributed by atoms with E-state index in [2.05, 4.69) is 121 Å². The lowest BCUT2D eigenvalue weighted by molar-refractivity contribution is 0.0148. The van der Waals surface area contributed by atoms with E-state index in [0.29, 0.717) is 28.1 Å². The van der Waals surface area contributed by atoms with Crippen LogP contribution in [-0.2, 0) is 0 Å². The number of hydrogen-bond acceptors (Lipinski definition) is 0. The molecule has 1 aromatic carbocycles. The third-order valence-electron chi connectivity index (χ3n) is 10.4. The van der Waals surface area contributed by atoms with Crippen molar-refractivity contribution in [3.8, 4) is 0 Å². The predicted octanol–water partition coefficient (Wildman–Crippen LogP) is 12.7. The molecule has 3 rings (SSSR count). The van der Waals surface area contributed by atoms with E-state index in [9.17, 15) is 0 Å². The Morgan fingerprint density at radius 3 is 0.973 bits per heavy atom. The highest BCUT2D eigenvalue weighted by atomic mass is 14.5. The maximum Gasteiger partial charge on any atom is -0.0219 e. The molecule has 0 atom stereocenters. The van der Waals surface area contributed by atoms with Crippen LogP contribution in [0.2, 0.25) is 0 Å². The molecule has 0 aliphatic heterocycles.